The summed E-state index contributed by atoms with van der Waals surface area (Å²) in [5.41, 5.74) is 8.76. The van der Waals surface area contributed by atoms with Crippen LogP contribution < -0.4 is 16.4 Å². The molecule has 9 heteroatoms. The number of aryl methyl sites for hydroxylation is 1. The second kappa shape index (κ2) is 11.1. The van der Waals surface area contributed by atoms with Gasteiger partial charge in [0, 0.05) is 44.5 Å². The van der Waals surface area contributed by atoms with Crippen LogP contribution in [-0.2, 0) is 24.9 Å². The van der Waals surface area contributed by atoms with Crippen molar-refractivity contribution >= 4 is 17.8 Å². The fourth-order valence-corrected chi connectivity index (χ4v) is 3.16. The smallest absolute Gasteiger partial charge is 0.251 e. The molecule has 9 nitrogen and oxygen atoms in total. The number of aromatic nitrogens is 2. The lowest BCUT2D eigenvalue weighted by atomic mass is 10.1. The quantitative estimate of drug-likeness (QED) is 0.413. The fourth-order valence-electron chi connectivity index (χ4n) is 3.16. The number of nitrogens with one attached hydrogen (secondary N) is 2. The largest absolute Gasteiger partial charge is 0.368 e. The number of rotatable bonds is 9. The summed E-state index contributed by atoms with van der Waals surface area (Å²) in [6, 6.07) is 7.12. The van der Waals surface area contributed by atoms with Gasteiger partial charge < -0.3 is 21.3 Å². The highest BCUT2D eigenvalue weighted by Crippen LogP contribution is 2.18. The topological polar surface area (TPSA) is 118 Å². The van der Waals surface area contributed by atoms with Crippen molar-refractivity contribution in [1.29, 1.82) is 0 Å². The van der Waals surface area contributed by atoms with E-state index in [1.807, 2.05) is 37.8 Å². The van der Waals surface area contributed by atoms with Crippen molar-refractivity contribution in [2.75, 3.05) is 20.1 Å². The van der Waals surface area contributed by atoms with Crippen molar-refractivity contribution in [3.05, 3.63) is 52.8 Å². The standard InChI is InChI=1S/C22H33N7O2/c1-6-24-22(28(4)13-18-14-29(5)27-20(18)15(2)3)26-11-16-7-9-17(10-8-16)21(31)25-12-19(23)30/h7-10,14-15H,6,11-13H2,1-5H3,(H2,23,30)(H,24,26)(H,25,31). The van der Waals surface area contributed by atoms with Crippen molar-refractivity contribution in [2.24, 2.45) is 17.8 Å². The Balaban J connectivity index is 2.06. The normalized spacial score (nSPS) is 11.5. The molecule has 0 atom stereocenters. The third-order valence-electron chi connectivity index (χ3n) is 4.64. The van der Waals surface area contributed by atoms with Crippen LogP contribution >= 0.6 is 0 Å². The number of guanidine groups is 1. The summed E-state index contributed by atoms with van der Waals surface area (Å²) >= 11 is 0. The number of primary amides is 1. The highest BCUT2D eigenvalue weighted by atomic mass is 16.2. The van der Waals surface area contributed by atoms with Crippen LogP contribution in [0.1, 0.15) is 53.9 Å². The summed E-state index contributed by atoms with van der Waals surface area (Å²) in [5, 5.41) is 10.4. The predicted molar refractivity (Wildman–Crippen MR) is 122 cm³/mol. The minimum atomic E-state index is -0.578. The van der Waals surface area contributed by atoms with E-state index in [4.69, 9.17) is 10.7 Å². The third-order valence-corrected chi connectivity index (χ3v) is 4.64. The van der Waals surface area contributed by atoms with E-state index in [2.05, 4.69) is 40.7 Å². The Morgan fingerprint density at radius 3 is 2.48 bits per heavy atom. The third kappa shape index (κ3) is 7.13. The molecule has 2 rings (SSSR count). The Kier molecular flexibility index (Phi) is 8.60. The van der Waals surface area contributed by atoms with Gasteiger partial charge in [0.25, 0.3) is 5.91 Å². The van der Waals surface area contributed by atoms with Crippen molar-refractivity contribution < 1.29 is 9.59 Å². The van der Waals surface area contributed by atoms with Gasteiger partial charge in [-0.25, -0.2) is 4.99 Å². The molecule has 0 spiro atoms. The fraction of sp³-hybridized carbons (Fsp3) is 0.455. The van der Waals surface area contributed by atoms with E-state index < -0.39 is 5.91 Å². The number of hydrogen-bond acceptors (Lipinski definition) is 4. The zero-order valence-electron chi connectivity index (χ0n) is 19.0. The molecule has 1 heterocycles. The van der Waals surface area contributed by atoms with Crippen LogP contribution in [0.3, 0.4) is 0 Å². The molecule has 0 unspecified atom stereocenters. The van der Waals surface area contributed by atoms with Crippen LogP contribution in [0, 0.1) is 0 Å². The number of aliphatic imine (C=N–C) groups is 1. The first kappa shape index (κ1) is 23.9. The molecule has 0 saturated carbocycles. The summed E-state index contributed by atoms with van der Waals surface area (Å²) in [6.45, 7) is 8.06. The Bertz CT molecular complexity index is 916. The molecule has 0 aliphatic heterocycles. The van der Waals surface area contributed by atoms with Gasteiger partial charge in [-0.05, 0) is 30.5 Å². The van der Waals surface area contributed by atoms with E-state index >= 15 is 0 Å². The number of amides is 2. The first-order valence-corrected chi connectivity index (χ1v) is 10.4. The van der Waals surface area contributed by atoms with Crippen molar-refractivity contribution in [3.8, 4) is 0 Å². The van der Waals surface area contributed by atoms with Crippen LogP contribution in [0.25, 0.3) is 0 Å². The van der Waals surface area contributed by atoms with Gasteiger partial charge in [0.05, 0.1) is 18.8 Å². The van der Waals surface area contributed by atoms with Gasteiger partial charge in [-0.1, -0.05) is 26.0 Å². The van der Waals surface area contributed by atoms with Gasteiger partial charge in [-0.2, -0.15) is 5.10 Å². The number of nitrogens with zero attached hydrogens (tertiary/aromatic N) is 4. The maximum absolute atomic E-state index is 12.0. The molecule has 168 valence electrons. The molecule has 2 amide bonds. The van der Waals surface area contributed by atoms with Crippen molar-refractivity contribution in [2.45, 2.75) is 39.8 Å². The second-order valence-electron chi connectivity index (χ2n) is 7.74. The van der Waals surface area contributed by atoms with E-state index in [1.165, 1.54) is 5.56 Å². The molecular formula is C22H33N7O2. The minimum Gasteiger partial charge on any atom is -0.368 e. The Morgan fingerprint density at radius 1 is 1.23 bits per heavy atom. The predicted octanol–water partition coefficient (Wildman–Crippen LogP) is 1.36. The summed E-state index contributed by atoms with van der Waals surface area (Å²) < 4.78 is 1.85. The number of benzene rings is 1. The Hall–Kier alpha value is -3.36. The van der Waals surface area contributed by atoms with E-state index in [1.54, 1.807) is 12.1 Å². The van der Waals surface area contributed by atoms with E-state index in [0.29, 0.717) is 24.6 Å². The van der Waals surface area contributed by atoms with Gasteiger partial charge in [-0.15, -0.1) is 0 Å². The molecule has 1 aromatic heterocycles. The van der Waals surface area contributed by atoms with E-state index in [-0.39, 0.29) is 12.5 Å². The first-order chi connectivity index (χ1) is 14.7. The molecule has 0 aliphatic rings. The second-order valence-corrected chi connectivity index (χ2v) is 7.74. The van der Waals surface area contributed by atoms with Crippen LogP contribution in [-0.4, -0.2) is 52.6 Å². The number of hydrogen-bond donors (Lipinski definition) is 3. The molecule has 0 bridgehead atoms. The molecule has 0 aliphatic carbocycles. The SMILES string of the molecule is CCNC(=NCc1ccc(C(=O)NCC(N)=O)cc1)N(C)Cc1cn(C)nc1C(C)C. The lowest BCUT2D eigenvalue weighted by Crippen LogP contribution is -2.38. The van der Waals surface area contributed by atoms with E-state index in [9.17, 15) is 9.59 Å². The average Bonchev–Trinajstić information content (AvgIpc) is 3.09. The number of carbonyl (C=O) groups is 2. The maximum Gasteiger partial charge on any atom is 0.251 e. The zero-order valence-corrected chi connectivity index (χ0v) is 19.0. The summed E-state index contributed by atoms with van der Waals surface area (Å²) in [4.78, 5) is 29.6. The van der Waals surface area contributed by atoms with Gasteiger partial charge in [0.15, 0.2) is 5.96 Å². The lowest BCUT2D eigenvalue weighted by Gasteiger charge is -2.22. The number of nitrogens with two attached hydrogens (primary N) is 1. The molecule has 0 saturated heterocycles. The lowest BCUT2D eigenvalue weighted by molar-refractivity contribution is -0.117. The molecule has 4 N–H and O–H groups in total. The van der Waals surface area contributed by atoms with Crippen LogP contribution in [0.2, 0.25) is 0 Å². The Morgan fingerprint density at radius 2 is 1.90 bits per heavy atom. The average molecular weight is 428 g/mol. The molecule has 1 aromatic carbocycles. The molecule has 0 fully saturated rings. The summed E-state index contributed by atoms with van der Waals surface area (Å²) in [6.07, 6.45) is 2.05. The van der Waals surface area contributed by atoms with Crippen molar-refractivity contribution in [3.63, 3.8) is 0 Å². The molecule has 31 heavy (non-hydrogen) atoms. The highest BCUT2D eigenvalue weighted by molar-refractivity contribution is 5.96. The van der Waals surface area contributed by atoms with Gasteiger partial charge >= 0.3 is 0 Å². The van der Waals surface area contributed by atoms with Crippen molar-refractivity contribution in [1.82, 2.24) is 25.3 Å². The Labute approximate surface area is 183 Å². The summed E-state index contributed by atoms with van der Waals surface area (Å²) in [7, 11) is 3.94. The van der Waals surface area contributed by atoms with Crippen LogP contribution in [0.15, 0.2) is 35.5 Å². The van der Waals surface area contributed by atoms with Gasteiger partial charge in [0.1, 0.15) is 0 Å². The zero-order chi connectivity index (χ0) is 23.0. The van der Waals surface area contributed by atoms with Gasteiger partial charge in [0.2, 0.25) is 5.91 Å². The van der Waals surface area contributed by atoms with Crippen LogP contribution in [0.4, 0.5) is 0 Å². The monoisotopic (exact) mass is 427 g/mol. The maximum atomic E-state index is 12.0. The van der Waals surface area contributed by atoms with E-state index in [0.717, 1.165) is 23.8 Å². The highest BCUT2D eigenvalue weighted by Gasteiger charge is 2.15. The number of carbonyl (C=O) groups excluding carboxylic acids is 2. The minimum absolute atomic E-state index is 0.182. The van der Waals surface area contributed by atoms with Gasteiger partial charge in [-0.3, -0.25) is 14.3 Å². The summed E-state index contributed by atoms with van der Waals surface area (Å²) in [5.74, 6) is 0.234. The molecular weight excluding hydrogens is 394 g/mol. The molecule has 2 aromatic rings. The first-order valence-electron chi connectivity index (χ1n) is 10.4. The molecule has 0 radical (unpaired) electrons. The van der Waals surface area contributed by atoms with Crippen LogP contribution in [0.5, 0.6) is 0 Å².